The Hall–Kier alpha value is -1.88. The molecule has 0 radical (unpaired) electrons. The molecule has 2 heterocycles. The van der Waals surface area contributed by atoms with Crippen LogP contribution in [0, 0.1) is 6.92 Å². The first kappa shape index (κ1) is 25.2. The molecule has 2 aliphatic rings. The highest BCUT2D eigenvalue weighted by molar-refractivity contribution is 9.10. The van der Waals surface area contributed by atoms with E-state index in [4.69, 9.17) is 0 Å². The highest BCUT2D eigenvalue weighted by Gasteiger charge is 2.56. The van der Waals surface area contributed by atoms with Crippen molar-refractivity contribution >= 4 is 55.2 Å². The van der Waals surface area contributed by atoms with Gasteiger partial charge in [0.05, 0.1) is 4.90 Å². The third kappa shape index (κ3) is 4.29. The zero-order valence-corrected chi connectivity index (χ0v) is 22.6. The molecule has 2 aromatic carbocycles. The van der Waals surface area contributed by atoms with Crippen LogP contribution in [-0.4, -0.2) is 54.3 Å². The summed E-state index contributed by atoms with van der Waals surface area (Å²) in [6, 6.07) is 12.2. The Morgan fingerprint density at radius 1 is 1.21 bits per heavy atom. The molecule has 0 aromatic heterocycles. The van der Waals surface area contributed by atoms with Crippen LogP contribution < -0.4 is 5.32 Å². The Labute approximate surface area is 213 Å². The fourth-order valence-electron chi connectivity index (χ4n) is 4.73. The molecule has 2 fully saturated rings. The first-order valence-electron chi connectivity index (χ1n) is 11.3. The second-order valence-electron chi connectivity index (χ2n) is 8.44. The number of carbonyl (C=O) groups excluding carboxylic acids is 2. The molecular formula is C24H28BrN3O4S2. The van der Waals surface area contributed by atoms with E-state index in [-0.39, 0.29) is 16.7 Å². The Morgan fingerprint density at radius 3 is 2.53 bits per heavy atom. The Morgan fingerprint density at radius 2 is 1.88 bits per heavy atom. The lowest BCUT2D eigenvalue weighted by atomic mass is 10.0. The number of benzene rings is 2. The topological polar surface area (TPSA) is 86.8 Å². The normalized spacial score (nSPS) is 22.3. The standard InChI is InChI=1S/C24H28BrN3O4S2/c1-4-27(5-2)34(31,32)21-14-19(11-6-16(21)3)26-23(30)20-15-33-24(13-12-22(29)28(20)24)17-7-9-18(25)10-8-17/h6-11,14,20H,4-5,12-13,15H2,1-3H3,(H,26,30). The van der Waals surface area contributed by atoms with E-state index in [0.717, 1.165) is 10.0 Å². The smallest absolute Gasteiger partial charge is 0.248 e. The van der Waals surface area contributed by atoms with Crippen molar-refractivity contribution in [1.82, 2.24) is 9.21 Å². The van der Waals surface area contributed by atoms with E-state index >= 15 is 0 Å². The number of rotatable bonds is 7. The molecule has 182 valence electrons. The average Bonchev–Trinajstić information content (AvgIpc) is 3.35. The maximum Gasteiger partial charge on any atom is 0.248 e. The summed E-state index contributed by atoms with van der Waals surface area (Å²) in [5.74, 6) is 0.128. The van der Waals surface area contributed by atoms with Crippen LogP contribution in [0.25, 0.3) is 0 Å². The van der Waals surface area contributed by atoms with Crippen LogP contribution in [0.4, 0.5) is 5.69 Å². The number of thioether (sulfide) groups is 1. The van der Waals surface area contributed by atoms with Crippen molar-refractivity contribution in [1.29, 1.82) is 0 Å². The monoisotopic (exact) mass is 565 g/mol. The molecule has 2 atom stereocenters. The van der Waals surface area contributed by atoms with Crippen molar-refractivity contribution < 1.29 is 18.0 Å². The summed E-state index contributed by atoms with van der Waals surface area (Å²) in [6.45, 7) is 6.06. The molecule has 10 heteroatoms. The lowest BCUT2D eigenvalue weighted by Gasteiger charge is -2.34. The van der Waals surface area contributed by atoms with Gasteiger partial charge in [-0.15, -0.1) is 11.8 Å². The van der Waals surface area contributed by atoms with Crippen LogP contribution in [0.15, 0.2) is 51.8 Å². The number of carbonyl (C=O) groups is 2. The van der Waals surface area contributed by atoms with Crippen molar-refractivity contribution in [3.8, 4) is 0 Å². The summed E-state index contributed by atoms with van der Waals surface area (Å²) in [7, 11) is -3.67. The Bertz CT molecular complexity index is 1220. The van der Waals surface area contributed by atoms with Crippen LogP contribution in [0.1, 0.15) is 37.8 Å². The van der Waals surface area contributed by atoms with Crippen LogP contribution >= 0.6 is 27.7 Å². The number of aryl methyl sites for hydroxylation is 1. The van der Waals surface area contributed by atoms with Gasteiger partial charge in [-0.2, -0.15) is 4.31 Å². The number of hydrogen-bond donors (Lipinski definition) is 1. The largest absolute Gasteiger partial charge is 0.324 e. The Balaban J connectivity index is 1.60. The van der Waals surface area contributed by atoms with Crippen molar-refractivity contribution in [3.05, 3.63) is 58.1 Å². The van der Waals surface area contributed by atoms with Crippen molar-refractivity contribution in [3.63, 3.8) is 0 Å². The number of amides is 2. The fourth-order valence-corrected chi connectivity index (χ4v) is 8.36. The summed E-state index contributed by atoms with van der Waals surface area (Å²) >= 11 is 5.07. The number of nitrogens with one attached hydrogen (secondary N) is 1. The van der Waals surface area contributed by atoms with Gasteiger partial charge in [0.1, 0.15) is 10.9 Å². The maximum absolute atomic E-state index is 13.3. The minimum Gasteiger partial charge on any atom is -0.324 e. The third-order valence-electron chi connectivity index (χ3n) is 6.50. The first-order chi connectivity index (χ1) is 16.1. The predicted octanol–water partition coefficient (Wildman–Crippen LogP) is 4.32. The average molecular weight is 567 g/mol. The number of hydrogen-bond acceptors (Lipinski definition) is 5. The van der Waals surface area contributed by atoms with Crippen molar-refractivity contribution in [2.24, 2.45) is 0 Å². The second kappa shape index (κ2) is 9.64. The van der Waals surface area contributed by atoms with Gasteiger partial charge < -0.3 is 10.2 Å². The summed E-state index contributed by atoms with van der Waals surface area (Å²) in [5, 5.41) is 2.87. The quantitative estimate of drug-likeness (QED) is 0.540. The van der Waals surface area contributed by atoms with Gasteiger partial charge in [-0.25, -0.2) is 8.42 Å². The van der Waals surface area contributed by atoms with E-state index in [2.05, 4.69) is 21.2 Å². The molecule has 0 saturated carbocycles. The van der Waals surface area contributed by atoms with Gasteiger partial charge in [0.2, 0.25) is 21.8 Å². The highest BCUT2D eigenvalue weighted by Crippen LogP contribution is 2.54. The summed E-state index contributed by atoms with van der Waals surface area (Å²) in [4.78, 5) is 27.6. The predicted molar refractivity (Wildman–Crippen MR) is 138 cm³/mol. The molecule has 0 bridgehead atoms. The number of nitrogens with zero attached hydrogens (tertiary/aromatic N) is 2. The zero-order chi connectivity index (χ0) is 24.7. The molecule has 7 nitrogen and oxygen atoms in total. The summed E-state index contributed by atoms with van der Waals surface area (Å²) in [5.41, 5.74) is 2.02. The molecular weight excluding hydrogens is 538 g/mol. The molecule has 0 spiro atoms. The van der Waals surface area contributed by atoms with Gasteiger partial charge in [0.25, 0.3) is 0 Å². The molecule has 34 heavy (non-hydrogen) atoms. The van der Waals surface area contributed by atoms with Crippen LogP contribution in [-0.2, 0) is 24.5 Å². The summed E-state index contributed by atoms with van der Waals surface area (Å²) in [6.07, 6.45) is 1.04. The zero-order valence-electron chi connectivity index (χ0n) is 19.4. The van der Waals surface area contributed by atoms with E-state index in [1.807, 2.05) is 24.3 Å². The van der Waals surface area contributed by atoms with E-state index in [1.165, 1.54) is 10.4 Å². The molecule has 4 rings (SSSR count). The lowest BCUT2D eigenvalue weighted by molar-refractivity contribution is -0.136. The van der Waals surface area contributed by atoms with E-state index in [0.29, 0.717) is 42.9 Å². The molecule has 1 N–H and O–H groups in total. The molecule has 2 unspecified atom stereocenters. The van der Waals surface area contributed by atoms with Crippen LogP contribution in [0.2, 0.25) is 0 Å². The number of halogens is 1. The molecule has 2 amide bonds. The fraction of sp³-hybridized carbons (Fsp3) is 0.417. The minimum absolute atomic E-state index is 0.0400. The van der Waals surface area contributed by atoms with Crippen molar-refractivity contribution in [2.75, 3.05) is 24.2 Å². The van der Waals surface area contributed by atoms with Gasteiger partial charge in [-0.05, 0) is 48.7 Å². The van der Waals surface area contributed by atoms with Crippen LogP contribution in [0.5, 0.6) is 0 Å². The van der Waals surface area contributed by atoms with Gasteiger partial charge >= 0.3 is 0 Å². The molecule has 2 aliphatic heterocycles. The van der Waals surface area contributed by atoms with Gasteiger partial charge in [-0.3, -0.25) is 9.59 Å². The number of anilines is 1. The van der Waals surface area contributed by atoms with Crippen molar-refractivity contribution in [2.45, 2.75) is 49.4 Å². The molecule has 2 aromatic rings. The number of sulfonamides is 1. The minimum atomic E-state index is -3.67. The molecule has 0 aliphatic carbocycles. The van der Waals surface area contributed by atoms with E-state index in [1.54, 1.807) is 49.6 Å². The third-order valence-corrected chi connectivity index (χ3v) is 10.8. The summed E-state index contributed by atoms with van der Waals surface area (Å²) < 4.78 is 28.5. The maximum atomic E-state index is 13.3. The SMILES string of the molecule is CCN(CC)S(=O)(=O)c1cc(NC(=O)C2CSC3(c4ccc(Br)cc4)CCC(=O)N23)ccc1C. The van der Waals surface area contributed by atoms with E-state index < -0.39 is 20.9 Å². The molecule has 2 saturated heterocycles. The Kier molecular flexibility index (Phi) is 7.15. The van der Waals surface area contributed by atoms with E-state index in [9.17, 15) is 18.0 Å². The van der Waals surface area contributed by atoms with Gasteiger partial charge in [0.15, 0.2) is 0 Å². The van der Waals surface area contributed by atoms with Gasteiger partial charge in [-0.1, -0.05) is 48.0 Å². The van der Waals surface area contributed by atoms with Gasteiger partial charge in [0, 0.05) is 35.4 Å². The second-order valence-corrected chi connectivity index (χ2v) is 12.6. The first-order valence-corrected chi connectivity index (χ1v) is 14.5. The highest BCUT2D eigenvalue weighted by atomic mass is 79.9. The lowest BCUT2D eigenvalue weighted by Crippen LogP contribution is -2.48. The van der Waals surface area contributed by atoms with Crippen LogP contribution in [0.3, 0.4) is 0 Å². The number of fused-ring (bicyclic) bond motifs is 1.